The molecule has 0 aromatic carbocycles. The second-order valence-electron chi connectivity index (χ2n) is 4.02. The van der Waals surface area contributed by atoms with Crippen LogP contribution in [0.1, 0.15) is 37.1 Å². The Kier molecular flexibility index (Phi) is 3.71. The maximum atomic E-state index is 10.4. The van der Waals surface area contributed by atoms with Crippen molar-refractivity contribution < 1.29 is 9.90 Å². The fourth-order valence-electron chi connectivity index (χ4n) is 1.87. The lowest BCUT2D eigenvalue weighted by atomic mass is 10.3. The highest BCUT2D eigenvalue weighted by molar-refractivity contribution is 7.15. The van der Waals surface area contributed by atoms with Crippen molar-refractivity contribution in [2.45, 2.75) is 44.6 Å². The van der Waals surface area contributed by atoms with E-state index in [0.717, 1.165) is 10.1 Å². The zero-order chi connectivity index (χ0) is 11.4. The third kappa shape index (κ3) is 3.16. The van der Waals surface area contributed by atoms with Crippen molar-refractivity contribution in [1.82, 2.24) is 10.2 Å². The van der Waals surface area contributed by atoms with Gasteiger partial charge in [-0.1, -0.05) is 24.2 Å². The van der Waals surface area contributed by atoms with Crippen molar-refractivity contribution in [2.75, 3.05) is 5.32 Å². The minimum absolute atomic E-state index is 0.123. The Morgan fingerprint density at radius 2 is 2.19 bits per heavy atom. The quantitative estimate of drug-likeness (QED) is 0.823. The van der Waals surface area contributed by atoms with Gasteiger partial charge in [0.2, 0.25) is 5.13 Å². The van der Waals surface area contributed by atoms with Crippen molar-refractivity contribution in [1.29, 1.82) is 0 Å². The Balaban J connectivity index is 1.84. The number of nitrogens with zero attached hydrogens (tertiary/aromatic N) is 2. The lowest BCUT2D eigenvalue weighted by Crippen LogP contribution is -2.13. The van der Waals surface area contributed by atoms with Gasteiger partial charge in [-0.3, -0.25) is 4.79 Å². The molecule has 0 bridgehead atoms. The first-order chi connectivity index (χ1) is 7.74. The van der Waals surface area contributed by atoms with Crippen molar-refractivity contribution in [3.63, 3.8) is 0 Å². The molecule has 16 heavy (non-hydrogen) atoms. The second-order valence-corrected chi connectivity index (χ2v) is 5.08. The molecule has 1 aliphatic carbocycles. The minimum atomic E-state index is -0.791. The van der Waals surface area contributed by atoms with Crippen LogP contribution in [0.4, 0.5) is 5.13 Å². The highest BCUT2D eigenvalue weighted by Crippen LogP contribution is 2.24. The highest BCUT2D eigenvalue weighted by Gasteiger charge is 2.16. The average molecular weight is 241 g/mol. The van der Waals surface area contributed by atoms with Gasteiger partial charge in [-0.2, -0.15) is 0 Å². The van der Waals surface area contributed by atoms with E-state index in [1.807, 2.05) is 0 Å². The van der Waals surface area contributed by atoms with E-state index in [9.17, 15) is 4.79 Å². The van der Waals surface area contributed by atoms with E-state index in [4.69, 9.17) is 5.11 Å². The molecule has 88 valence electrons. The van der Waals surface area contributed by atoms with Crippen molar-refractivity contribution >= 4 is 22.4 Å². The van der Waals surface area contributed by atoms with Gasteiger partial charge in [0.1, 0.15) is 5.01 Å². The second kappa shape index (κ2) is 5.25. The van der Waals surface area contributed by atoms with Crippen LogP contribution in [0.5, 0.6) is 0 Å². The minimum Gasteiger partial charge on any atom is -0.481 e. The number of aromatic nitrogens is 2. The maximum Gasteiger partial charge on any atom is 0.303 e. The van der Waals surface area contributed by atoms with Crippen LogP contribution >= 0.6 is 11.3 Å². The van der Waals surface area contributed by atoms with Gasteiger partial charge in [0.05, 0.1) is 6.42 Å². The van der Waals surface area contributed by atoms with Crippen LogP contribution in [0, 0.1) is 0 Å². The zero-order valence-electron chi connectivity index (χ0n) is 8.98. The van der Waals surface area contributed by atoms with Crippen LogP contribution in [0.2, 0.25) is 0 Å². The summed E-state index contributed by atoms with van der Waals surface area (Å²) in [5.41, 5.74) is 0. The summed E-state index contributed by atoms with van der Waals surface area (Å²) in [5.74, 6) is -0.791. The van der Waals surface area contributed by atoms with Gasteiger partial charge in [0, 0.05) is 12.5 Å². The lowest BCUT2D eigenvalue weighted by Gasteiger charge is -2.08. The summed E-state index contributed by atoms with van der Waals surface area (Å²) in [5, 5.41) is 21.5. The lowest BCUT2D eigenvalue weighted by molar-refractivity contribution is -0.136. The SMILES string of the molecule is O=C(O)CCc1nnc(NC2CCCC2)s1. The molecule has 0 unspecified atom stereocenters. The van der Waals surface area contributed by atoms with Gasteiger partial charge in [0.25, 0.3) is 0 Å². The molecule has 0 spiro atoms. The molecule has 0 radical (unpaired) electrons. The predicted molar refractivity (Wildman–Crippen MR) is 61.7 cm³/mol. The normalized spacial score (nSPS) is 16.5. The third-order valence-corrected chi connectivity index (χ3v) is 3.62. The number of carbonyl (C=O) groups is 1. The van der Waals surface area contributed by atoms with Gasteiger partial charge < -0.3 is 10.4 Å². The van der Waals surface area contributed by atoms with Crippen LogP contribution in [0.15, 0.2) is 0 Å². The topological polar surface area (TPSA) is 75.1 Å². The Hall–Kier alpha value is -1.17. The van der Waals surface area contributed by atoms with Crippen LogP contribution in [-0.2, 0) is 11.2 Å². The molecule has 1 fully saturated rings. The summed E-state index contributed by atoms with van der Waals surface area (Å²) in [6, 6.07) is 0.528. The number of aryl methyl sites for hydroxylation is 1. The molecular weight excluding hydrogens is 226 g/mol. The molecular formula is C10H15N3O2S. The predicted octanol–water partition coefficient (Wildman–Crippen LogP) is 1.91. The van der Waals surface area contributed by atoms with Gasteiger partial charge in [-0.05, 0) is 12.8 Å². The summed E-state index contributed by atoms with van der Waals surface area (Å²) in [6.45, 7) is 0. The smallest absolute Gasteiger partial charge is 0.303 e. The number of rotatable bonds is 5. The van der Waals surface area contributed by atoms with E-state index in [1.54, 1.807) is 0 Å². The maximum absolute atomic E-state index is 10.4. The first kappa shape index (κ1) is 11.3. The summed E-state index contributed by atoms with van der Waals surface area (Å²) in [4.78, 5) is 10.4. The van der Waals surface area contributed by atoms with Crippen LogP contribution < -0.4 is 5.32 Å². The number of hydrogen-bond donors (Lipinski definition) is 2. The molecule has 1 aliphatic rings. The summed E-state index contributed by atoms with van der Waals surface area (Å²) >= 11 is 1.47. The molecule has 1 aromatic heterocycles. The van der Waals surface area contributed by atoms with E-state index in [-0.39, 0.29) is 6.42 Å². The summed E-state index contributed by atoms with van der Waals surface area (Å²) in [7, 11) is 0. The standard InChI is InChI=1S/C10H15N3O2S/c14-9(15)6-5-8-12-13-10(16-8)11-7-3-1-2-4-7/h7H,1-6H2,(H,11,13)(H,14,15). The van der Waals surface area contributed by atoms with E-state index in [2.05, 4.69) is 15.5 Å². The van der Waals surface area contributed by atoms with E-state index < -0.39 is 5.97 Å². The van der Waals surface area contributed by atoms with E-state index >= 15 is 0 Å². The largest absolute Gasteiger partial charge is 0.481 e. The number of hydrogen-bond acceptors (Lipinski definition) is 5. The molecule has 1 saturated carbocycles. The molecule has 1 heterocycles. The average Bonchev–Trinajstić information content (AvgIpc) is 2.87. The van der Waals surface area contributed by atoms with Gasteiger partial charge in [-0.25, -0.2) is 0 Å². The fourth-order valence-corrected chi connectivity index (χ4v) is 2.69. The molecule has 0 saturated heterocycles. The molecule has 1 aromatic rings. The van der Waals surface area contributed by atoms with Crippen molar-refractivity contribution in [2.24, 2.45) is 0 Å². The molecule has 2 N–H and O–H groups in total. The number of aliphatic carboxylic acids is 1. The Morgan fingerprint density at radius 1 is 1.44 bits per heavy atom. The van der Waals surface area contributed by atoms with Gasteiger partial charge in [-0.15, -0.1) is 10.2 Å². The molecule has 0 atom stereocenters. The zero-order valence-corrected chi connectivity index (χ0v) is 9.79. The van der Waals surface area contributed by atoms with Gasteiger partial charge in [0.15, 0.2) is 0 Å². The first-order valence-electron chi connectivity index (χ1n) is 5.55. The van der Waals surface area contributed by atoms with Crippen molar-refractivity contribution in [3.05, 3.63) is 5.01 Å². The van der Waals surface area contributed by atoms with Crippen LogP contribution in [0.25, 0.3) is 0 Å². The molecule has 6 heteroatoms. The fraction of sp³-hybridized carbons (Fsp3) is 0.700. The number of nitrogens with one attached hydrogen (secondary N) is 1. The molecule has 2 rings (SSSR count). The number of carboxylic acid groups (broad SMARTS) is 1. The first-order valence-corrected chi connectivity index (χ1v) is 6.36. The summed E-state index contributed by atoms with van der Waals surface area (Å²) < 4.78 is 0. The highest BCUT2D eigenvalue weighted by atomic mass is 32.1. The summed E-state index contributed by atoms with van der Waals surface area (Å²) in [6.07, 6.45) is 5.55. The number of carboxylic acids is 1. The molecule has 5 nitrogen and oxygen atoms in total. The Labute approximate surface area is 97.9 Å². The molecule has 0 aliphatic heterocycles. The number of anilines is 1. The van der Waals surface area contributed by atoms with E-state index in [1.165, 1.54) is 37.0 Å². The monoisotopic (exact) mass is 241 g/mol. The Morgan fingerprint density at radius 3 is 2.88 bits per heavy atom. The van der Waals surface area contributed by atoms with Crippen molar-refractivity contribution in [3.8, 4) is 0 Å². The molecule has 0 amide bonds. The van der Waals surface area contributed by atoms with Crippen LogP contribution in [0.3, 0.4) is 0 Å². The van der Waals surface area contributed by atoms with E-state index in [0.29, 0.717) is 12.5 Å². The Bertz CT molecular complexity index is 361. The van der Waals surface area contributed by atoms with Crippen LogP contribution in [-0.4, -0.2) is 27.3 Å². The third-order valence-electron chi connectivity index (χ3n) is 2.70. The van der Waals surface area contributed by atoms with Gasteiger partial charge >= 0.3 is 5.97 Å².